The van der Waals surface area contributed by atoms with Crippen molar-refractivity contribution >= 4 is 11.8 Å². The lowest BCUT2D eigenvalue weighted by Crippen LogP contribution is -2.25. The Morgan fingerprint density at radius 3 is 2.83 bits per heavy atom. The van der Waals surface area contributed by atoms with Gasteiger partial charge in [-0.25, -0.2) is 9.48 Å². The Bertz CT molecular complexity index is 619. The molecule has 6 nitrogen and oxygen atoms in total. The molecule has 1 aromatic heterocycles. The molecule has 1 aliphatic heterocycles. The van der Waals surface area contributed by atoms with Crippen molar-refractivity contribution in [2.24, 2.45) is 0 Å². The summed E-state index contributed by atoms with van der Waals surface area (Å²) in [6.45, 7) is 0.685. The fourth-order valence-corrected chi connectivity index (χ4v) is 1.84. The van der Waals surface area contributed by atoms with Gasteiger partial charge >= 0.3 is 5.97 Å². The monoisotopic (exact) mass is 243 g/mol. The number of ether oxygens (including phenoxy) is 1. The van der Waals surface area contributed by atoms with Crippen molar-refractivity contribution in [1.82, 2.24) is 15.0 Å². The van der Waals surface area contributed by atoms with Crippen molar-refractivity contribution in [1.29, 1.82) is 0 Å². The summed E-state index contributed by atoms with van der Waals surface area (Å²) < 4.78 is 6.30. The second kappa shape index (κ2) is 4.06. The highest BCUT2D eigenvalue weighted by molar-refractivity contribution is 6.12. The SMILES string of the molecule is O=C(c1ccccc1)c1nnn2c1C(=O)OCC2. The normalized spacial score (nSPS) is 13.9. The van der Waals surface area contributed by atoms with Gasteiger partial charge < -0.3 is 4.74 Å². The molecule has 1 aromatic carbocycles. The molecular formula is C12H9N3O3. The molecule has 3 rings (SSSR count). The van der Waals surface area contributed by atoms with E-state index >= 15 is 0 Å². The first-order valence-corrected chi connectivity index (χ1v) is 5.48. The van der Waals surface area contributed by atoms with Gasteiger partial charge in [0.05, 0.1) is 6.54 Å². The molecule has 1 aliphatic rings. The minimum atomic E-state index is -0.550. The molecule has 0 amide bonds. The predicted molar refractivity (Wildman–Crippen MR) is 60.2 cm³/mol. The number of benzene rings is 1. The lowest BCUT2D eigenvalue weighted by Gasteiger charge is -2.12. The summed E-state index contributed by atoms with van der Waals surface area (Å²) >= 11 is 0. The third-order valence-electron chi connectivity index (χ3n) is 2.72. The number of cyclic esters (lactones) is 1. The molecule has 0 saturated carbocycles. The molecule has 0 N–H and O–H groups in total. The topological polar surface area (TPSA) is 74.1 Å². The molecule has 0 spiro atoms. The van der Waals surface area contributed by atoms with Gasteiger partial charge in [0.25, 0.3) is 0 Å². The maximum atomic E-state index is 12.2. The summed E-state index contributed by atoms with van der Waals surface area (Å²) in [4.78, 5) is 23.8. The van der Waals surface area contributed by atoms with Crippen molar-refractivity contribution in [2.75, 3.05) is 6.61 Å². The molecule has 0 unspecified atom stereocenters. The van der Waals surface area contributed by atoms with Gasteiger partial charge in [0.2, 0.25) is 5.78 Å². The first-order valence-electron chi connectivity index (χ1n) is 5.48. The van der Waals surface area contributed by atoms with E-state index in [2.05, 4.69) is 10.3 Å². The van der Waals surface area contributed by atoms with Crippen LogP contribution in [-0.4, -0.2) is 33.4 Å². The Kier molecular flexibility index (Phi) is 2.40. The zero-order valence-electron chi connectivity index (χ0n) is 9.37. The summed E-state index contributed by atoms with van der Waals surface area (Å²) in [5.41, 5.74) is 0.653. The molecule has 0 aliphatic carbocycles. The molecule has 0 saturated heterocycles. The van der Waals surface area contributed by atoms with Gasteiger partial charge in [-0.1, -0.05) is 35.5 Å². The molecule has 18 heavy (non-hydrogen) atoms. The lowest BCUT2D eigenvalue weighted by atomic mass is 10.1. The Labute approximate surface area is 102 Å². The number of carbonyl (C=O) groups is 2. The van der Waals surface area contributed by atoms with Crippen LogP contribution in [0.1, 0.15) is 26.5 Å². The highest BCUT2D eigenvalue weighted by Crippen LogP contribution is 2.15. The van der Waals surface area contributed by atoms with E-state index in [0.29, 0.717) is 12.1 Å². The zero-order chi connectivity index (χ0) is 12.5. The van der Waals surface area contributed by atoms with Crippen molar-refractivity contribution in [3.8, 4) is 0 Å². The van der Waals surface area contributed by atoms with Crippen LogP contribution in [0.3, 0.4) is 0 Å². The van der Waals surface area contributed by atoms with Crippen LogP contribution >= 0.6 is 0 Å². The standard InChI is InChI=1S/C12H9N3O3/c16-11(8-4-2-1-3-5-8)9-10-12(17)18-7-6-15(10)14-13-9/h1-5H,6-7H2. The second-order valence-electron chi connectivity index (χ2n) is 3.84. The quantitative estimate of drug-likeness (QED) is 0.572. The summed E-state index contributed by atoms with van der Waals surface area (Å²) in [6.07, 6.45) is 0. The van der Waals surface area contributed by atoms with E-state index in [1.807, 2.05) is 6.07 Å². The van der Waals surface area contributed by atoms with E-state index in [-0.39, 0.29) is 23.8 Å². The number of hydrogen-bond acceptors (Lipinski definition) is 5. The number of ketones is 1. The average molecular weight is 243 g/mol. The number of carbonyl (C=O) groups excluding carboxylic acids is 2. The molecular weight excluding hydrogens is 234 g/mol. The smallest absolute Gasteiger partial charge is 0.359 e. The predicted octanol–water partition coefficient (Wildman–Crippen LogP) is 0.679. The number of rotatable bonds is 2. The van der Waals surface area contributed by atoms with E-state index in [0.717, 1.165) is 0 Å². The Balaban J connectivity index is 2.06. The largest absolute Gasteiger partial charge is 0.459 e. The third kappa shape index (κ3) is 1.58. The third-order valence-corrected chi connectivity index (χ3v) is 2.72. The molecule has 0 atom stereocenters. The van der Waals surface area contributed by atoms with Gasteiger partial charge in [0.1, 0.15) is 6.61 Å². The first kappa shape index (κ1) is 10.6. The summed E-state index contributed by atoms with van der Waals surface area (Å²) in [7, 11) is 0. The molecule has 6 heteroatoms. The number of hydrogen-bond donors (Lipinski definition) is 0. The Morgan fingerprint density at radius 2 is 2.06 bits per heavy atom. The van der Waals surface area contributed by atoms with E-state index < -0.39 is 5.97 Å². The highest BCUT2D eigenvalue weighted by atomic mass is 16.5. The highest BCUT2D eigenvalue weighted by Gasteiger charge is 2.29. The van der Waals surface area contributed by atoms with E-state index in [1.54, 1.807) is 24.3 Å². The van der Waals surface area contributed by atoms with Crippen LogP contribution in [0.5, 0.6) is 0 Å². The fourth-order valence-electron chi connectivity index (χ4n) is 1.84. The van der Waals surface area contributed by atoms with Gasteiger partial charge in [0.15, 0.2) is 11.4 Å². The van der Waals surface area contributed by atoms with Crippen molar-refractivity contribution in [2.45, 2.75) is 6.54 Å². The number of nitrogens with zero attached hydrogens (tertiary/aromatic N) is 3. The molecule has 2 heterocycles. The van der Waals surface area contributed by atoms with Crippen molar-refractivity contribution in [3.63, 3.8) is 0 Å². The summed E-state index contributed by atoms with van der Waals surface area (Å²) in [5, 5.41) is 7.59. The van der Waals surface area contributed by atoms with Gasteiger partial charge in [-0.05, 0) is 0 Å². The minimum absolute atomic E-state index is 0.0471. The summed E-state index contributed by atoms with van der Waals surface area (Å²) in [5.74, 6) is -0.874. The summed E-state index contributed by atoms with van der Waals surface area (Å²) in [6, 6.07) is 8.65. The molecule has 0 radical (unpaired) electrons. The number of fused-ring (bicyclic) bond motifs is 1. The van der Waals surface area contributed by atoms with Crippen molar-refractivity contribution in [3.05, 3.63) is 47.3 Å². The average Bonchev–Trinajstić information content (AvgIpc) is 2.84. The molecule has 90 valence electrons. The van der Waals surface area contributed by atoms with Crippen LogP contribution in [0.2, 0.25) is 0 Å². The number of esters is 1. The van der Waals surface area contributed by atoms with Crippen molar-refractivity contribution < 1.29 is 14.3 Å². The Hall–Kier alpha value is -2.50. The fraction of sp³-hybridized carbons (Fsp3) is 0.167. The minimum Gasteiger partial charge on any atom is -0.459 e. The van der Waals surface area contributed by atoms with E-state index in [4.69, 9.17) is 4.74 Å². The first-order chi connectivity index (χ1) is 8.77. The van der Waals surface area contributed by atoms with E-state index in [9.17, 15) is 9.59 Å². The maximum Gasteiger partial charge on any atom is 0.359 e. The molecule has 2 aromatic rings. The second-order valence-corrected chi connectivity index (χ2v) is 3.84. The Morgan fingerprint density at radius 1 is 1.28 bits per heavy atom. The molecule has 0 fully saturated rings. The van der Waals surface area contributed by atoms with Crippen LogP contribution < -0.4 is 0 Å². The maximum absolute atomic E-state index is 12.2. The molecule has 0 bridgehead atoms. The lowest BCUT2D eigenvalue weighted by molar-refractivity contribution is 0.0408. The zero-order valence-corrected chi connectivity index (χ0v) is 9.37. The van der Waals surface area contributed by atoms with Gasteiger partial charge in [0, 0.05) is 5.56 Å². The van der Waals surface area contributed by atoms with Crippen LogP contribution in [-0.2, 0) is 11.3 Å². The number of aromatic nitrogens is 3. The van der Waals surface area contributed by atoms with Gasteiger partial charge in [-0.2, -0.15) is 0 Å². The van der Waals surface area contributed by atoms with Crippen LogP contribution in [0.15, 0.2) is 30.3 Å². The van der Waals surface area contributed by atoms with Gasteiger partial charge in [-0.3, -0.25) is 4.79 Å². The van der Waals surface area contributed by atoms with E-state index in [1.165, 1.54) is 4.68 Å². The van der Waals surface area contributed by atoms with Gasteiger partial charge in [-0.15, -0.1) is 5.10 Å². The van der Waals surface area contributed by atoms with Crippen LogP contribution in [0, 0.1) is 0 Å². The van der Waals surface area contributed by atoms with Crippen LogP contribution in [0.25, 0.3) is 0 Å². The van der Waals surface area contributed by atoms with Crippen LogP contribution in [0.4, 0.5) is 0 Å².